The Balaban J connectivity index is 2.24. The first-order chi connectivity index (χ1) is 8.74. The Bertz CT molecular complexity index is 763. The van der Waals surface area contributed by atoms with Gasteiger partial charge in [0.25, 0.3) is 0 Å². The summed E-state index contributed by atoms with van der Waals surface area (Å²) in [5.74, 6) is -0.306. The van der Waals surface area contributed by atoms with E-state index < -0.39 is 0 Å². The quantitative estimate of drug-likeness (QED) is 0.710. The van der Waals surface area contributed by atoms with Crippen molar-refractivity contribution in [1.29, 1.82) is 0 Å². The zero-order chi connectivity index (χ0) is 12.5. The Morgan fingerprint density at radius 1 is 1.11 bits per heavy atom. The fourth-order valence-electron chi connectivity index (χ4n) is 1.86. The van der Waals surface area contributed by atoms with Gasteiger partial charge in [-0.2, -0.15) is 0 Å². The van der Waals surface area contributed by atoms with Crippen LogP contribution < -0.4 is 5.43 Å². The van der Waals surface area contributed by atoms with E-state index in [4.69, 9.17) is 0 Å². The molecule has 0 fully saturated rings. The molecule has 0 spiro atoms. The van der Waals surface area contributed by atoms with Crippen molar-refractivity contribution in [2.75, 3.05) is 0 Å². The molecule has 88 valence electrons. The molecule has 0 saturated heterocycles. The summed E-state index contributed by atoms with van der Waals surface area (Å²) < 4.78 is 12.9. The molecule has 0 atom stereocenters. The minimum absolute atomic E-state index is 0.101. The fourth-order valence-corrected chi connectivity index (χ4v) is 1.86. The van der Waals surface area contributed by atoms with Crippen LogP contribution in [-0.4, -0.2) is 9.97 Å². The van der Waals surface area contributed by atoms with Crippen LogP contribution in [0.4, 0.5) is 4.39 Å². The van der Waals surface area contributed by atoms with E-state index in [9.17, 15) is 9.18 Å². The molecule has 0 aliphatic heterocycles. The van der Waals surface area contributed by atoms with E-state index in [0.717, 1.165) is 5.56 Å². The highest BCUT2D eigenvalue weighted by Crippen LogP contribution is 2.17. The Kier molecular flexibility index (Phi) is 2.41. The van der Waals surface area contributed by atoms with E-state index in [2.05, 4.69) is 9.97 Å². The van der Waals surface area contributed by atoms with Crippen molar-refractivity contribution in [3.05, 3.63) is 64.7 Å². The molecule has 1 aromatic carbocycles. The van der Waals surface area contributed by atoms with Gasteiger partial charge in [0.15, 0.2) is 5.43 Å². The number of fused-ring (bicyclic) bond motifs is 1. The lowest BCUT2D eigenvalue weighted by Crippen LogP contribution is -2.03. The third-order valence-corrected chi connectivity index (χ3v) is 2.76. The Morgan fingerprint density at radius 2 is 1.89 bits per heavy atom. The molecule has 1 N–H and O–H groups in total. The summed E-state index contributed by atoms with van der Waals surface area (Å²) >= 11 is 0. The Hall–Kier alpha value is -2.49. The maximum absolute atomic E-state index is 12.9. The van der Waals surface area contributed by atoms with Crippen LogP contribution in [0, 0.1) is 5.82 Å². The summed E-state index contributed by atoms with van der Waals surface area (Å²) in [6.07, 6.45) is 1.62. The Labute approximate surface area is 102 Å². The molecule has 0 bridgehead atoms. The van der Waals surface area contributed by atoms with Gasteiger partial charge in [-0.15, -0.1) is 0 Å². The maximum Gasteiger partial charge on any atom is 0.191 e. The van der Waals surface area contributed by atoms with Gasteiger partial charge in [-0.3, -0.25) is 4.79 Å². The van der Waals surface area contributed by atoms with Crippen LogP contribution in [0.25, 0.3) is 22.3 Å². The van der Waals surface area contributed by atoms with Gasteiger partial charge in [0, 0.05) is 12.3 Å². The first-order valence-electron chi connectivity index (χ1n) is 5.48. The number of rotatable bonds is 1. The van der Waals surface area contributed by atoms with Crippen molar-refractivity contribution < 1.29 is 4.39 Å². The van der Waals surface area contributed by atoms with Crippen LogP contribution in [-0.2, 0) is 0 Å². The number of nitrogens with one attached hydrogen (secondary N) is 1. The van der Waals surface area contributed by atoms with E-state index in [1.165, 1.54) is 18.2 Å². The summed E-state index contributed by atoms with van der Waals surface area (Å²) in [7, 11) is 0. The van der Waals surface area contributed by atoms with E-state index in [1.807, 2.05) is 0 Å². The number of aromatic nitrogens is 2. The normalized spacial score (nSPS) is 10.7. The number of halogens is 1. The van der Waals surface area contributed by atoms with Crippen molar-refractivity contribution >= 4 is 11.0 Å². The molecular formula is C14H9FN2O. The zero-order valence-electron chi connectivity index (χ0n) is 9.35. The second kappa shape index (κ2) is 4.07. The second-order valence-electron chi connectivity index (χ2n) is 3.95. The summed E-state index contributed by atoms with van der Waals surface area (Å²) in [5.41, 5.74) is 1.81. The van der Waals surface area contributed by atoms with Crippen LogP contribution in [0.15, 0.2) is 53.5 Å². The zero-order valence-corrected chi connectivity index (χ0v) is 9.35. The molecule has 0 aliphatic carbocycles. The topological polar surface area (TPSA) is 45.8 Å². The van der Waals surface area contributed by atoms with E-state index in [1.54, 1.807) is 30.5 Å². The number of pyridine rings is 2. The third-order valence-electron chi connectivity index (χ3n) is 2.76. The van der Waals surface area contributed by atoms with Gasteiger partial charge in [0.05, 0.1) is 11.1 Å². The summed E-state index contributed by atoms with van der Waals surface area (Å²) in [6.45, 7) is 0. The van der Waals surface area contributed by atoms with Crippen molar-refractivity contribution in [3.8, 4) is 11.3 Å². The smallest absolute Gasteiger partial charge is 0.191 e. The molecule has 3 aromatic rings. The molecule has 0 amide bonds. The molecule has 2 aromatic heterocycles. The van der Waals surface area contributed by atoms with Gasteiger partial charge < -0.3 is 4.98 Å². The lowest BCUT2D eigenvalue weighted by Gasteiger charge is -2.03. The fraction of sp³-hybridized carbons (Fsp3) is 0. The molecule has 4 heteroatoms. The summed E-state index contributed by atoms with van der Waals surface area (Å²) in [6, 6.07) is 10.9. The molecular weight excluding hydrogens is 231 g/mol. The van der Waals surface area contributed by atoms with Gasteiger partial charge in [-0.1, -0.05) is 0 Å². The van der Waals surface area contributed by atoms with Crippen LogP contribution in [0.5, 0.6) is 0 Å². The van der Waals surface area contributed by atoms with Crippen molar-refractivity contribution in [2.45, 2.75) is 0 Å². The predicted molar refractivity (Wildman–Crippen MR) is 67.8 cm³/mol. The molecule has 3 nitrogen and oxygen atoms in total. The van der Waals surface area contributed by atoms with E-state index >= 15 is 0 Å². The lowest BCUT2D eigenvalue weighted by atomic mass is 10.1. The first kappa shape index (κ1) is 10.7. The highest BCUT2D eigenvalue weighted by Gasteiger charge is 2.04. The molecule has 0 radical (unpaired) electrons. The first-order valence-corrected chi connectivity index (χ1v) is 5.48. The number of H-pyrrole nitrogens is 1. The van der Waals surface area contributed by atoms with Crippen molar-refractivity contribution in [2.24, 2.45) is 0 Å². The maximum atomic E-state index is 12.9. The van der Waals surface area contributed by atoms with Gasteiger partial charge in [-0.05, 0) is 42.0 Å². The van der Waals surface area contributed by atoms with Crippen LogP contribution in [0.3, 0.4) is 0 Å². The van der Waals surface area contributed by atoms with Gasteiger partial charge in [0.2, 0.25) is 0 Å². The molecule has 3 rings (SSSR count). The number of aromatic amines is 1. The van der Waals surface area contributed by atoms with E-state index in [-0.39, 0.29) is 11.2 Å². The molecule has 0 aliphatic rings. The minimum Gasteiger partial charge on any atom is -0.339 e. The average molecular weight is 240 g/mol. The molecule has 0 saturated carbocycles. The largest absolute Gasteiger partial charge is 0.339 e. The molecule has 0 unspecified atom stereocenters. The predicted octanol–water partition coefficient (Wildman–Crippen LogP) is 2.73. The SMILES string of the molecule is O=c1cc(-c2ccc(F)cc2)[nH]c2ncccc12. The highest BCUT2D eigenvalue weighted by molar-refractivity contribution is 5.77. The number of nitrogens with zero attached hydrogens (tertiary/aromatic N) is 1. The Morgan fingerprint density at radius 3 is 2.67 bits per heavy atom. The number of benzene rings is 1. The van der Waals surface area contributed by atoms with Crippen LogP contribution >= 0.6 is 0 Å². The van der Waals surface area contributed by atoms with Gasteiger partial charge in [-0.25, -0.2) is 9.37 Å². The number of hydrogen-bond donors (Lipinski definition) is 1. The average Bonchev–Trinajstić information content (AvgIpc) is 2.39. The van der Waals surface area contributed by atoms with Gasteiger partial charge in [0.1, 0.15) is 11.5 Å². The summed E-state index contributed by atoms with van der Waals surface area (Å²) in [5, 5.41) is 0.545. The molecule has 18 heavy (non-hydrogen) atoms. The molecule has 2 heterocycles. The van der Waals surface area contributed by atoms with Crippen molar-refractivity contribution in [1.82, 2.24) is 9.97 Å². The van der Waals surface area contributed by atoms with Crippen LogP contribution in [0.2, 0.25) is 0 Å². The summed E-state index contributed by atoms with van der Waals surface area (Å²) in [4.78, 5) is 19.1. The lowest BCUT2D eigenvalue weighted by molar-refractivity contribution is 0.628. The van der Waals surface area contributed by atoms with Crippen molar-refractivity contribution in [3.63, 3.8) is 0 Å². The van der Waals surface area contributed by atoms with E-state index in [0.29, 0.717) is 16.7 Å². The van der Waals surface area contributed by atoms with Crippen LogP contribution in [0.1, 0.15) is 0 Å². The highest BCUT2D eigenvalue weighted by atomic mass is 19.1. The standard InChI is InChI=1S/C14H9FN2O/c15-10-5-3-9(4-6-10)12-8-13(18)11-2-1-7-16-14(11)17-12/h1-8H,(H,16,17,18). The monoisotopic (exact) mass is 240 g/mol. The number of hydrogen-bond acceptors (Lipinski definition) is 2. The van der Waals surface area contributed by atoms with Gasteiger partial charge >= 0.3 is 0 Å². The minimum atomic E-state index is -0.306. The second-order valence-corrected chi connectivity index (χ2v) is 3.95. The third kappa shape index (κ3) is 1.78.